The molecule has 0 radical (unpaired) electrons. The second-order valence-electron chi connectivity index (χ2n) is 5.00. The summed E-state index contributed by atoms with van der Waals surface area (Å²) in [4.78, 5) is 8.36. The van der Waals surface area contributed by atoms with Crippen molar-refractivity contribution in [1.29, 1.82) is 0 Å². The number of hydrogen-bond acceptors (Lipinski definition) is 5. The summed E-state index contributed by atoms with van der Waals surface area (Å²) in [5.74, 6) is 0.710. The SMILES string of the molecule is Clc1cc(Nc2cccc(Br)c2)nc(N=NCc2ccccc2Cl)n1. The molecule has 1 aromatic heterocycles. The van der Waals surface area contributed by atoms with Gasteiger partial charge in [-0.2, -0.15) is 15.1 Å². The first-order chi connectivity index (χ1) is 12.1. The van der Waals surface area contributed by atoms with Gasteiger partial charge >= 0.3 is 0 Å². The molecule has 0 saturated carbocycles. The Morgan fingerprint density at radius 1 is 1.00 bits per heavy atom. The van der Waals surface area contributed by atoms with E-state index < -0.39 is 0 Å². The van der Waals surface area contributed by atoms with Crippen molar-refractivity contribution in [1.82, 2.24) is 9.97 Å². The van der Waals surface area contributed by atoms with Gasteiger partial charge in [-0.15, -0.1) is 5.11 Å². The second-order valence-corrected chi connectivity index (χ2v) is 6.71. The molecule has 0 aliphatic heterocycles. The summed E-state index contributed by atoms with van der Waals surface area (Å²) in [6.45, 7) is 0.337. The molecule has 0 saturated heterocycles. The second kappa shape index (κ2) is 8.38. The Balaban J connectivity index is 1.75. The van der Waals surface area contributed by atoms with Gasteiger partial charge in [-0.3, -0.25) is 0 Å². The Bertz CT molecular complexity index is 917. The van der Waals surface area contributed by atoms with Crippen molar-refractivity contribution in [3.63, 3.8) is 0 Å². The molecule has 0 unspecified atom stereocenters. The van der Waals surface area contributed by atoms with Crippen molar-refractivity contribution in [2.75, 3.05) is 5.32 Å². The minimum absolute atomic E-state index is 0.178. The third kappa shape index (κ3) is 5.22. The molecule has 0 fully saturated rings. The van der Waals surface area contributed by atoms with Gasteiger partial charge in [-0.1, -0.05) is 63.4 Å². The van der Waals surface area contributed by atoms with Crippen LogP contribution in [0.4, 0.5) is 17.5 Å². The van der Waals surface area contributed by atoms with Crippen molar-refractivity contribution >= 4 is 56.6 Å². The van der Waals surface area contributed by atoms with E-state index in [1.54, 1.807) is 6.07 Å². The first-order valence-electron chi connectivity index (χ1n) is 7.28. The lowest BCUT2D eigenvalue weighted by Crippen LogP contribution is -1.95. The maximum Gasteiger partial charge on any atom is 0.271 e. The largest absolute Gasteiger partial charge is 0.340 e. The predicted octanol–water partition coefficient (Wildman–Crippen LogP) is 6.57. The van der Waals surface area contributed by atoms with Crippen LogP contribution in [0.5, 0.6) is 0 Å². The van der Waals surface area contributed by atoms with Gasteiger partial charge in [0, 0.05) is 21.2 Å². The summed E-state index contributed by atoms with van der Waals surface area (Å²) < 4.78 is 0.956. The fourth-order valence-electron chi connectivity index (χ4n) is 2.03. The molecule has 126 valence electrons. The molecule has 25 heavy (non-hydrogen) atoms. The third-order valence-electron chi connectivity index (χ3n) is 3.14. The molecule has 3 aromatic rings. The molecule has 5 nitrogen and oxygen atoms in total. The molecule has 0 aliphatic rings. The first-order valence-corrected chi connectivity index (χ1v) is 8.83. The fourth-order valence-corrected chi connectivity index (χ4v) is 2.80. The van der Waals surface area contributed by atoms with Crippen LogP contribution >= 0.6 is 39.1 Å². The van der Waals surface area contributed by atoms with Crippen LogP contribution in [-0.4, -0.2) is 9.97 Å². The lowest BCUT2D eigenvalue weighted by Gasteiger charge is -2.06. The molecule has 3 rings (SSSR count). The number of nitrogens with zero attached hydrogens (tertiary/aromatic N) is 4. The maximum atomic E-state index is 6.09. The van der Waals surface area contributed by atoms with Gasteiger partial charge in [-0.05, 0) is 29.8 Å². The molecular formula is C17H12BrCl2N5. The highest BCUT2D eigenvalue weighted by atomic mass is 79.9. The first kappa shape index (κ1) is 17.8. The van der Waals surface area contributed by atoms with Crippen LogP contribution in [0.15, 0.2) is 69.3 Å². The predicted molar refractivity (Wildman–Crippen MR) is 104 cm³/mol. The summed E-state index contributed by atoms with van der Waals surface area (Å²) >= 11 is 15.6. The molecule has 0 spiro atoms. The van der Waals surface area contributed by atoms with Crippen molar-refractivity contribution in [2.45, 2.75) is 6.54 Å². The van der Waals surface area contributed by atoms with Gasteiger partial charge in [0.25, 0.3) is 5.95 Å². The van der Waals surface area contributed by atoms with E-state index in [0.717, 1.165) is 15.7 Å². The van der Waals surface area contributed by atoms with E-state index >= 15 is 0 Å². The highest BCUT2D eigenvalue weighted by Gasteiger charge is 2.04. The summed E-state index contributed by atoms with van der Waals surface area (Å²) in [7, 11) is 0. The summed E-state index contributed by atoms with van der Waals surface area (Å²) in [6.07, 6.45) is 0. The van der Waals surface area contributed by atoms with E-state index in [2.05, 4.69) is 41.4 Å². The van der Waals surface area contributed by atoms with Gasteiger partial charge in [0.1, 0.15) is 11.0 Å². The van der Waals surface area contributed by atoms with E-state index in [-0.39, 0.29) is 11.1 Å². The molecule has 0 atom stereocenters. The standard InChI is InChI=1S/C17H12BrCl2N5/c18-12-5-3-6-13(8-12)22-16-9-15(20)23-17(24-16)25-21-10-11-4-1-2-7-14(11)19/h1-9H,10H2,(H,22,23,24). The van der Waals surface area contributed by atoms with E-state index in [1.165, 1.54) is 0 Å². The minimum atomic E-state index is 0.178. The van der Waals surface area contributed by atoms with Crippen LogP contribution in [-0.2, 0) is 6.54 Å². The summed E-state index contributed by atoms with van der Waals surface area (Å²) in [5.41, 5.74) is 1.74. The van der Waals surface area contributed by atoms with Crippen molar-refractivity contribution < 1.29 is 0 Å². The van der Waals surface area contributed by atoms with E-state index in [0.29, 0.717) is 17.4 Å². The third-order valence-corrected chi connectivity index (χ3v) is 4.19. The lowest BCUT2D eigenvalue weighted by molar-refractivity contribution is 0.927. The Morgan fingerprint density at radius 2 is 1.84 bits per heavy atom. The topological polar surface area (TPSA) is 62.5 Å². The van der Waals surface area contributed by atoms with Gasteiger partial charge in [0.2, 0.25) is 0 Å². The molecule has 2 aromatic carbocycles. The zero-order chi connectivity index (χ0) is 17.6. The Morgan fingerprint density at radius 3 is 2.64 bits per heavy atom. The molecule has 0 aliphatic carbocycles. The highest BCUT2D eigenvalue weighted by molar-refractivity contribution is 9.10. The number of rotatable bonds is 5. The number of halogens is 3. The number of benzene rings is 2. The molecule has 8 heteroatoms. The normalized spacial score (nSPS) is 11.0. The number of aromatic nitrogens is 2. The van der Waals surface area contributed by atoms with E-state index in [1.807, 2.05) is 48.5 Å². The monoisotopic (exact) mass is 435 g/mol. The molecule has 1 N–H and O–H groups in total. The Kier molecular flexibility index (Phi) is 5.96. The average Bonchev–Trinajstić information content (AvgIpc) is 2.56. The van der Waals surface area contributed by atoms with Crippen LogP contribution in [0.25, 0.3) is 0 Å². The number of nitrogens with one attached hydrogen (secondary N) is 1. The quantitative estimate of drug-likeness (QED) is 0.363. The van der Waals surface area contributed by atoms with Gasteiger partial charge < -0.3 is 5.32 Å². The Hall–Kier alpha value is -2.02. The highest BCUT2D eigenvalue weighted by Crippen LogP contribution is 2.23. The number of anilines is 2. The summed E-state index contributed by atoms with van der Waals surface area (Å²) in [5, 5.41) is 12.2. The summed E-state index contributed by atoms with van der Waals surface area (Å²) in [6, 6.07) is 16.8. The molecule has 0 amide bonds. The van der Waals surface area contributed by atoms with Crippen molar-refractivity contribution in [2.24, 2.45) is 10.2 Å². The van der Waals surface area contributed by atoms with Crippen LogP contribution in [0.2, 0.25) is 10.2 Å². The average molecular weight is 437 g/mol. The number of hydrogen-bond donors (Lipinski definition) is 1. The zero-order valence-electron chi connectivity index (χ0n) is 12.8. The van der Waals surface area contributed by atoms with Crippen LogP contribution in [0.3, 0.4) is 0 Å². The van der Waals surface area contributed by atoms with E-state index in [9.17, 15) is 0 Å². The van der Waals surface area contributed by atoms with Crippen molar-refractivity contribution in [3.05, 3.63) is 74.8 Å². The Labute approximate surface area is 163 Å². The van der Waals surface area contributed by atoms with Crippen LogP contribution in [0.1, 0.15) is 5.56 Å². The minimum Gasteiger partial charge on any atom is -0.340 e. The lowest BCUT2D eigenvalue weighted by atomic mass is 10.2. The molecule has 1 heterocycles. The fraction of sp³-hybridized carbons (Fsp3) is 0.0588. The molecular weight excluding hydrogens is 425 g/mol. The van der Waals surface area contributed by atoms with Gasteiger partial charge in [0.15, 0.2) is 0 Å². The van der Waals surface area contributed by atoms with Crippen LogP contribution in [0, 0.1) is 0 Å². The maximum absolute atomic E-state index is 6.09. The van der Waals surface area contributed by atoms with Gasteiger partial charge in [0.05, 0.1) is 6.54 Å². The van der Waals surface area contributed by atoms with Crippen molar-refractivity contribution in [3.8, 4) is 0 Å². The zero-order valence-corrected chi connectivity index (χ0v) is 15.9. The number of azo groups is 1. The van der Waals surface area contributed by atoms with E-state index in [4.69, 9.17) is 23.2 Å². The van der Waals surface area contributed by atoms with Crippen LogP contribution < -0.4 is 5.32 Å². The molecule has 0 bridgehead atoms. The van der Waals surface area contributed by atoms with Gasteiger partial charge in [-0.25, -0.2) is 0 Å². The smallest absolute Gasteiger partial charge is 0.271 e.